The van der Waals surface area contributed by atoms with Crippen LogP contribution in [0.25, 0.3) is 0 Å². The van der Waals surface area contributed by atoms with Crippen LogP contribution in [0.1, 0.15) is 20.3 Å². The summed E-state index contributed by atoms with van der Waals surface area (Å²) in [6.07, 6.45) is 2.11. The molecular formula is C18H20BrClN2O3S2. The number of pyridine rings is 1. The van der Waals surface area contributed by atoms with Gasteiger partial charge in [0.25, 0.3) is 0 Å². The zero-order valence-corrected chi connectivity index (χ0v) is 18.9. The van der Waals surface area contributed by atoms with E-state index in [1.807, 2.05) is 24.3 Å². The van der Waals surface area contributed by atoms with Gasteiger partial charge in [0.2, 0.25) is 15.7 Å². The molecule has 1 aromatic carbocycles. The molecule has 9 heteroatoms. The monoisotopic (exact) mass is 490 g/mol. The molecule has 0 spiro atoms. The second kappa shape index (κ2) is 9.41. The number of hydrogen-bond acceptors (Lipinski definition) is 5. The number of benzene rings is 1. The first kappa shape index (κ1) is 22.2. The summed E-state index contributed by atoms with van der Waals surface area (Å²) >= 11 is 10.7. The number of rotatable bonds is 8. The average molecular weight is 492 g/mol. The molecule has 0 aliphatic heterocycles. The Kier molecular flexibility index (Phi) is 7.73. The van der Waals surface area contributed by atoms with Crippen molar-refractivity contribution >= 4 is 55.0 Å². The third-order valence-electron chi connectivity index (χ3n) is 3.88. The fourth-order valence-electron chi connectivity index (χ4n) is 2.11. The van der Waals surface area contributed by atoms with Gasteiger partial charge in [-0.25, -0.2) is 13.4 Å². The zero-order valence-electron chi connectivity index (χ0n) is 14.9. The lowest BCUT2D eigenvalue weighted by Gasteiger charge is -2.23. The SMILES string of the molecule is CC(C)(C(=O)NCCCSc1ccc(Cl)cc1)S(=O)(=O)c1ccc(Br)cn1. The van der Waals surface area contributed by atoms with E-state index in [-0.39, 0.29) is 5.03 Å². The zero-order chi connectivity index (χ0) is 20.1. The second-order valence-electron chi connectivity index (χ2n) is 6.24. The van der Waals surface area contributed by atoms with Crippen LogP contribution >= 0.6 is 39.3 Å². The van der Waals surface area contributed by atoms with Gasteiger partial charge in [0.15, 0.2) is 9.77 Å². The van der Waals surface area contributed by atoms with Gasteiger partial charge in [0.1, 0.15) is 0 Å². The molecule has 0 saturated carbocycles. The molecule has 5 nitrogen and oxygen atoms in total. The van der Waals surface area contributed by atoms with Crippen molar-refractivity contribution < 1.29 is 13.2 Å². The number of nitrogens with zero attached hydrogens (tertiary/aromatic N) is 1. The largest absolute Gasteiger partial charge is 0.355 e. The number of sulfone groups is 1. The fourth-order valence-corrected chi connectivity index (χ4v) is 4.60. The maximum Gasteiger partial charge on any atom is 0.241 e. The quantitative estimate of drug-likeness (QED) is 0.439. The molecule has 0 atom stereocenters. The van der Waals surface area contributed by atoms with Crippen molar-refractivity contribution in [3.8, 4) is 0 Å². The molecule has 146 valence electrons. The van der Waals surface area contributed by atoms with Crippen LogP contribution in [0.5, 0.6) is 0 Å². The molecule has 2 rings (SSSR count). The first-order chi connectivity index (χ1) is 12.6. The Bertz CT molecular complexity index is 886. The van der Waals surface area contributed by atoms with Crippen LogP contribution < -0.4 is 5.32 Å². The summed E-state index contributed by atoms with van der Waals surface area (Å²) in [7, 11) is -3.91. The Morgan fingerprint density at radius 1 is 1.22 bits per heavy atom. The molecule has 0 fully saturated rings. The number of aromatic nitrogens is 1. The van der Waals surface area contributed by atoms with E-state index in [0.29, 0.717) is 22.5 Å². The number of carbonyl (C=O) groups is 1. The van der Waals surface area contributed by atoms with Crippen LogP contribution in [0, 0.1) is 0 Å². The van der Waals surface area contributed by atoms with Crippen molar-refractivity contribution in [2.24, 2.45) is 0 Å². The number of carbonyl (C=O) groups excluding carboxylic acids is 1. The van der Waals surface area contributed by atoms with Crippen molar-refractivity contribution in [2.75, 3.05) is 12.3 Å². The van der Waals surface area contributed by atoms with E-state index in [0.717, 1.165) is 10.6 Å². The normalized spacial score (nSPS) is 12.0. The number of thioether (sulfide) groups is 1. The van der Waals surface area contributed by atoms with E-state index in [4.69, 9.17) is 11.6 Å². The van der Waals surface area contributed by atoms with Gasteiger partial charge in [-0.3, -0.25) is 4.79 Å². The van der Waals surface area contributed by atoms with Crippen molar-refractivity contribution in [3.63, 3.8) is 0 Å². The van der Waals surface area contributed by atoms with E-state index in [9.17, 15) is 13.2 Å². The number of nitrogens with one attached hydrogen (secondary N) is 1. The maximum absolute atomic E-state index is 12.8. The lowest BCUT2D eigenvalue weighted by molar-refractivity contribution is -0.122. The summed E-state index contributed by atoms with van der Waals surface area (Å²) in [5, 5.41) is 3.28. The molecule has 1 N–H and O–H groups in total. The van der Waals surface area contributed by atoms with Crippen LogP contribution in [-0.2, 0) is 14.6 Å². The molecular weight excluding hydrogens is 472 g/mol. The minimum atomic E-state index is -3.91. The minimum Gasteiger partial charge on any atom is -0.355 e. The van der Waals surface area contributed by atoms with Crippen molar-refractivity contribution in [1.82, 2.24) is 10.3 Å². The Morgan fingerprint density at radius 3 is 2.48 bits per heavy atom. The lowest BCUT2D eigenvalue weighted by atomic mass is 10.2. The highest BCUT2D eigenvalue weighted by Gasteiger charge is 2.43. The maximum atomic E-state index is 12.8. The highest BCUT2D eigenvalue weighted by atomic mass is 79.9. The molecule has 1 heterocycles. The lowest BCUT2D eigenvalue weighted by Crippen LogP contribution is -2.48. The molecule has 1 amide bonds. The number of hydrogen-bond donors (Lipinski definition) is 1. The number of halogens is 2. The first-order valence-corrected chi connectivity index (χ1v) is 11.8. The van der Waals surface area contributed by atoms with Crippen LogP contribution in [-0.4, -0.2) is 36.4 Å². The Hall–Kier alpha value is -1.09. The fraction of sp³-hybridized carbons (Fsp3) is 0.333. The Morgan fingerprint density at radius 2 is 1.89 bits per heavy atom. The van der Waals surface area contributed by atoms with Crippen LogP contribution in [0.2, 0.25) is 5.02 Å². The van der Waals surface area contributed by atoms with Crippen LogP contribution in [0.15, 0.2) is 57.0 Å². The molecule has 0 unspecified atom stereocenters. The van der Waals surface area contributed by atoms with Gasteiger partial charge in [-0.05, 0) is 78.3 Å². The summed E-state index contributed by atoms with van der Waals surface area (Å²) in [6.45, 7) is 3.18. The molecule has 0 aliphatic carbocycles. The van der Waals surface area contributed by atoms with E-state index < -0.39 is 20.5 Å². The average Bonchev–Trinajstić information content (AvgIpc) is 2.63. The molecule has 0 saturated heterocycles. The van der Waals surface area contributed by atoms with Crippen LogP contribution in [0.4, 0.5) is 0 Å². The summed E-state index contributed by atoms with van der Waals surface area (Å²) < 4.78 is 24.6. The smallest absolute Gasteiger partial charge is 0.241 e. The molecule has 0 aliphatic rings. The minimum absolute atomic E-state index is 0.121. The van der Waals surface area contributed by atoms with Crippen molar-refractivity contribution in [2.45, 2.75) is 34.9 Å². The van der Waals surface area contributed by atoms with E-state index in [2.05, 4.69) is 26.2 Å². The molecule has 0 radical (unpaired) electrons. The van der Waals surface area contributed by atoms with E-state index in [1.54, 1.807) is 17.8 Å². The summed E-state index contributed by atoms with van der Waals surface area (Å²) in [4.78, 5) is 17.5. The third-order valence-corrected chi connectivity index (χ3v) is 8.02. The Balaban J connectivity index is 1.88. The summed E-state index contributed by atoms with van der Waals surface area (Å²) in [5.41, 5.74) is 0. The predicted octanol–water partition coefficient (Wildman–Crippen LogP) is 4.35. The van der Waals surface area contributed by atoms with Gasteiger partial charge < -0.3 is 5.32 Å². The third kappa shape index (κ3) is 5.70. The van der Waals surface area contributed by atoms with Gasteiger partial charge in [0, 0.05) is 27.1 Å². The summed E-state index contributed by atoms with van der Waals surface area (Å²) in [6, 6.07) is 10.5. The van der Waals surface area contributed by atoms with Crippen LogP contribution in [0.3, 0.4) is 0 Å². The topological polar surface area (TPSA) is 76.1 Å². The first-order valence-electron chi connectivity index (χ1n) is 8.17. The van der Waals surface area contributed by atoms with Gasteiger partial charge in [-0.1, -0.05) is 11.6 Å². The molecule has 1 aromatic heterocycles. The molecule has 2 aromatic rings. The molecule has 0 bridgehead atoms. The standard InChI is InChI=1S/C18H20BrClN2O3S2/c1-18(2,27(24,25)16-9-4-13(19)12-22-16)17(23)21-10-3-11-26-15-7-5-14(20)6-8-15/h4-9,12H,3,10-11H2,1-2H3,(H,21,23). The van der Waals surface area contributed by atoms with Crippen molar-refractivity contribution in [3.05, 3.63) is 52.1 Å². The predicted molar refractivity (Wildman–Crippen MR) is 113 cm³/mol. The highest BCUT2D eigenvalue weighted by molar-refractivity contribution is 9.10. The number of amides is 1. The second-order valence-corrected chi connectivity index (χ2v) is 11.2. The van der Waals surface area contributed by atoms with Gasteiger partial charge in [-0.15, -0.1) is 11.8 Å². The van der Waals surface area contributed by atoms with Gasteiger partial charge in [0.05, 0.1) is 0 Å². The summed E-state index contributed by atoms with van der Waals surface area (Å²) in [5.74, 6) is 0.257. The Labute approximate surface area is 177 Å². The van der Waals surface area contributed by atoms with E-state index in [1.165, 1.54) is 26.1 Å². The van der Waals surface area contributed by atoms with Gasteiger partial charge in [-0.2, -0.15) is 0 Å². The van der Waals surface area contributed by atoms with E-state index >= 15 is 0 Å². The van der Waals surface area contributed by atoms with Gasteiger partial charge >= 0.3 is 0 Å². The molecule has 27 heavy (non-hydrogen) atoms. The van der Waals surface area contributed by atoms with Crippen molar-refractivity contribution in [1.29, 1.82) is 0 Å². The highest BCUT2D eigenvalue weighted by Crippen LogP contribution is 2.25.